The number of sulfonamides is 1. The van der Waals surface area contributed by atoms with Crippen molar-refractivity contribution in [3.8, 4) is 0 Å². The second-order valence-corrected chi connectivity index (χ2v) is 9.16. The van der Waals surface area contributed by atoms with E-state index < -0.39 is 10.0 Å². The molecular weight excluding hydrogens is 405 g/mol. The largest absolute Gasteiger partial charge is 0.316 e. The number of piperazine rings is 1. The Balaban J connectivity index is 0.00000225. The number of benzene rings is 1. The van der Waals surface area contributed by atoms with Crippen LogP contribution in [0.4, 0.5) is 0 Å². The van der Waals surface area contributed by atoms with Crippen LogP contribution in [-0.4, -0.2) is 63.4 Å². The summed E-state index contributed by atoms with van der Waals surface area (Å²) in [5, 5.41) is 3.80. The topological polar surface area (TPSA) is 52.7 Å². The Morgan fingerprint density at radius 3 is 2.52 bits per heavy atom. The van der Waals surface area contributed by atoms with Crippen LogP contribution in [-0.2, 0) is 10.0 Å². The first-order valence-electron chi connectivity index (χ1n) is 8.36. The average Bonchev–Trinajstić information content (AvgIpc) is 2.58. The maximum Gasteiger partial charge on any atom is 0.244 e. The molecule has 2 aliphatic rings. The SMILES string of the molecule is Cl.O=S(=O)(c1cccc(Cl)c1Cl)N1CCN(CC2CCCNC2)CC1. The van der Waals surface area contributed by atoms with Crippen molar-refractivity contribution < 1.29 is 8.42 Å². The van der Waals surface area contributed by atoms with Crippen LogP contribution >= 0.6 is 35.6 Å². The first-order chi connectivity index (χ1) is 11.5. The molecule has 0 spiro atoms. The Kier molecular flexibility index (Phi) is 7.83. The first-order valence-corrected chi connectivity index (χ1v) is 10.6. The fourth-order valence-corrected chi connectivity index (χ4v) is 5.58. The summed E-state index contributed by atoms with van der Waals surface area (Å²) in [6.45, 7) is 5.72. The van der Waals surface area contributed by atoms with Crippen molar-refractivity contribution in [3.63, 3.8) is 0 Å². The van der Waals surface area contributed by atoms with Crippen molar-refractivity contribution >= 4 is 45.6 Å². The Labute approximate surface area is 166 Å². The van der Waals surface area contributed by atoms with Crippen LogP contribution in [0.2, 0.25) is 10.0 Å². The summed E-state index contributed by atoms with van der Waals surface area (Å²) < 4.78 is 27.1. The number of rotatable bonds is 4. The molecule has 0 aliphatic carbocycles. The van der Waals surface area contributed by atoms with E-state index in [2.05, 4.69) is 10.2 Å². The molecular formula is C16H24Cl3N3O2S. The zero-order valence-electron chi connectivity index (χ0n) is 14.0. The molecule has 1 aromatic carbocycles. The van der Waals surface area contributed by atoms with Gasteiger partial charge in [0.2, 0.25) is 10.0 Å². The molecule has 0 aromatic heterocycles. The molecule has 0 radical (unpaired) electrons. The molecule has 0 amide bonds. The van der Waals surface area contributed by atoms with Crippen molar-refractivity contribution in [1.82, 2.24) is 14.5 Å². The lowest BCUT2D eigenvalue weighted by Gasteiger charge is -2.36. The molecule has 0 saturated carbocycles. The maximum atomic E-state index is 12.8. The van der Waals surface area contributed by atoms with E-state index in [0.717, 1.165) is 32.7 Å². The van der Waals surface area contributed by atoms with Crippen LogP contribution in [0, 0.1) is 5.92 Å². The van der Waals surface area contributed by atoms with Crippen molar-refractivity contribution in [2.75, 3.05) is 45.8 Å². The highest BCUT2D eigenvalue weighted by molar-refractivity contribution is 7.89. The third kappa shape index (κ3) is 5.01. The van der Waals surface area contributed by atoms with Gasteiger partial charge < -0.3 is 10.2 Å². The van der Waals surface area contributed by atoms with Crippen LogP contribution in [0.15, 0.2) is 23.1 Å². The highest BCUT2D eigenvalue weighted by Gasteiger charge is 2.31. The maximum absolute atomic E-state index is 12.8. The molecule has 1 atom stereocenters. The molecule has 25 heavy (non-hydrogen) atoms. The molecule has 2 fully saturated rings. The summed E-state index contributed by atoms with van der Waals surface area (Å²) in [4.78, 5) is 2.46. The molecule has 5 nitrogen and oxygen atoms in total. The van der Waals surface area contributed by atoms with Crippen LogP contribution in [0.5, 0.6) is 0 Å². The average molecular weight is 429 g/mol. The number of nitrogens with one attached hydrogen (secondary N) is 1. The number of hydrogen-bond acceptors (Lipinski definition) is 4. The van der Waals surface area contributed by atoms with Gasteiger partial charge in [-0.1, -0.05) is 29.3 Å². The van der Waals surface area contributed by atoms with E-state index in [-0.39, 0.29) is 27.3 Å². The Bertz CT molecular complexity index is 673. The lowest BCUT2D eigenvalue weighted by atomic mass is 9.99. The number of piperidine rings is 1. The van der Waals surface area contributed by atoms with Gasteiger partial charge in [0.15, 0.2) is 0 Å². The third-order valence-electron chi connectivity index (χ3n) is 4.78. The van der Waals surface area contributed by atoms with Gasteiger partial charge in [-0.3, -0.25) is 0 Å². The van der Waals surface area contributed by atoms with Crippen molar-refractivity contribution in [3.05, 3.63) is 28.2 Å². The van der Waals surface area contributed by atoms with E-state index in [0.29, 0.717) is 19.0 Å². The second kappa shape index (κ2) is 9.22. The summed E-state index contributed by atoms with van der Waals surface area (Å²) in [6, 6.07) is 4.73. The predicted octanol–water partition coefficient (Wildman–Crippen LogP) is 2.72. The van der Waals surface area contributed by atoms with E-state index in [1.165, 1.54) is 23.2 Å². The molecule has 2 heterocycles. The number of halogens is 3. The lowest BCUT2D eigenvalue weighted by Crippen LogP contribution is -2.50. The first kappa shape index (κ1) is 21.2. The molecule has 1 N–H and O–H groups in total. The van der Waals surface area contributed by atoms with Gasteiger partial charge >= 0.3 is 0 Å². The molecule has 3 rings (SSSR count). The number of hydrogen-bond donors (Lipinski definition) is 1. The van der Waals surface area contributed by atoms with Gasteiger partial charge in [-0.25, -0.2) is 8.42 Å². The van der Waals surface area contributed by atoms with Gasteiger partial charge in [-0.05, 0) is 44.0 Å². The standard InChI is InChI=1S/C16H23Cl2N3O2S.ClH/c17-14-4-1-5-15(16(14)18)24(22,23)21-9-7-20(8-10-21)12-13-3-2-6-19-11-13;/h1,4-5,13,19H,2-3,6-12H2;1H. The minimum absolute atomic E-state index is 0. The van der Waals surface area contributed by atoms with Gasteiger partial charge in [0, 0.05) is 32.7 Å². The summed E-state index contributed by atoms with van der Waals surface area (Å²) in [5.41, 5.74) is 0. The van der Waals surface area contributed by atoms with E-state index in [1.54, 1.807) is 12.1 Å². The van der Waals surface area contributed by atoms with Crippen molar-refractivity contribution in [2.24, 2.45) is 5.92 Å². The Morgan fingerprint density at radius 1 is 1.16 bits per heavy atom. The minimum atomic E-state index is -3.59. The predicted molar refractivity (Wildman–Crippen MR) is 105 cm³/mol. The van der Waals surface area contributed by atoms with Gasteiger partial charge in [0.05, 0.1) is 10.0 Å². The fraction of sp³-hybridized carbons (Fsp3) is 0.625. The van der Waals surface area contributed by atoms with E-state index >= 15 is 0 Å². The molecule has 0 bridgehead atoms. The monoisotopic (exact) mass is 427 g/mol. The summed E-state index contributed by atoms with van der Waals surface area (Å²) in [7, 11) is -3.59. The summed E-state index contributed by atoms with van der Waals surface area (Å²) in [6.07, 6.45) is 2.48. The molecule has 1 unspecified atom stereocenters. The fourth-order valence-electron chi connectivity index (χ4n) is 3.42. The molecule has 2 saturated heterocycles. The smallest absolute Gasteiger partial charge is 0.244 e. The normalized spacial score (nSPS) is 23.2. The lowest BCUT2D eigenvalue weighted by molar-refractivity contribution is 0.154. The zero-order valence-corrected chi connectivity index (χ0v) is 17.1. The molecule has 2 aliphatic heterocycles. The van der Waals surface area contributed by atoms with Crippen LogP contribution in [0.3, 0.4) is 0 Å². The Hall–Kier alpha value is -0.0800. The Morgan fingerprint density at radius 2 is 1.88 bits per heavy atom. The highest BCUT2D eigenvalue weighted by Crippen LogP contribution is 2.31. The van der Waals surface area contributed by atoms with Crippen molar-refractivity contribution in [2.45, 2.75) is 17.7 Å². The van der Waals surface area contributed by atoms with Gasteiger partial charge in [-0.2, -0.15) is 4.31 Å². The van der Waals surface area contributed by atoms with Crippen LogP contribution < -0.4 is 5.32 Å². The van der Waals surface area contributed by atoms with Crippen LogP contribution in [0.25, 0.3) is 0 Å². The summed E-state index contributed by atoms with van der Waals surface area (Å²) >= 11 is 12.1. The van der Waals surface area contributed by atoms with Crippen molar-refractivity contribution in [1.29, 1.82) is 0 Å². The van der Waals surface area contributed by atoms with E-state index in [9.17, 15) is 8.42 Å². The van der Waals surface area contributed by atoms with E-state index in [1.807, 2.05) is 0 Å². The van der Waals surface area contributed by atoms with Crippen LogP contribution in [0.1, 0.15) is 12.8 Å². The van der Waals surface area contributed by atoms with Gasteiger partial charge in [-0.15, -0.1) is 12.4 Å². The third-order valence-corrected chi connectivity index (χ3v) is 7.65. The van der Waals surface area contributed by atoms with Gasteiger partial charge in [0.1, 0.15) is 4.90 Å². The molecule has 9 heteroatoms. The number of nitrogens with zero attached hydrogens (tertiary/aromatic N) is 2. The highest BCUT2D eigenvalue weighted by atomic mass is 35.5. The van der Waals surface area contributed by atoms with E-state index in [4.69, 9.17) is 23.2 Å². The molecule has 142 valence electrons. The zero-order chi connectivity index (χ0) is 17.2. The van der Waals surface area contributed by atoms with Gasteiger partial charge in [0.25, 0.3) is 0 Å². The summed E-state index contributed by atoms with van der Waals surface area (Å²) in [5.74, 6) is 0.671. The molecule has 1 aromatic rings. The minimum Gasteiger partial charge on any atom is -0.316 e. The second-order valence-electron chi connectivity index (χ2n) is 6.47. The quantitative estimate of drug-likeness (QED) is 0.801.